The average Bonchev–Trinajstić information content (AvgIpc) is 3.55. The van der Waals surface area contributed by atoms with E-state index in [2.05, 4.69) is 6.08 Å². The predicted molar refractivity (Wildman–Crippen MR) is 172 cm³/mol. The van der Waals surface area contributed by atoms with E-state index in [9.17, 15) is 14.4 Å². The van der Waals surface area contributed by atoms with Crippen LogP contribution in [0.15, 0.2) is 77.4 Å². The van der Waals surface area contributed by atoms with Crippen molar-refractivity contribution in [2.24, 2.45) is 11.0 Å². The highest BCUT2D eigenvalue weighted by atomic mass is 35.5. The largest absolute Gasteiger partial charge is 0.497 e. The summed E-state index contributed by atoms with van der Waals surface area (Å²) in [7, 11) is 3.24. The second-order valence-corrected chi connectivity index (χ2v) is 12.2. The number of fused-ring (bicyclic) bond motifs is 1. The van der Waals surface area contributed by atoms with Gasteiger partial charge in [0.1, 0.15) is 24.6 Å². The number of imide groups is 1. The van der Waals surface area contributed by atoms with Crippen molar-refractivity contribution in [3.63, 3.8) is 0 Å². The number of rotatable bonds is 8. The first-order valence-corrected chi connectivity index (χ1v) is 15.4. The molecule has 1 saturated heterocycles. The molecule has 0 spiro atoms. The van der Waals surface area contributed by atoms with Crippen molar-refractivity contribution in [2.75, 3.05) is 27.3 Å². The summed E-state index contributed by atoms with van der Waals surface area (Å²) in [5, 5.41) is 7.24. The smallest absolute Gasteiger partial charge is 0.328 e. The molecule has 232 valence electrons. The van der Waals surface area contributed by atoms with Crippen LogP contribution >= 0.6 is 23.2 Å². The Hall–Kier alpha value is -4.34. The Kier molecular flexibility index (Phi) is 8.83. The zero-order valence-electron chi connectivity index (χ0n) is 24.9. The third kappa shape index (κ3) is 6.41. The zero-order chi connectivity index (χ0) is 31.7. The highest BCUT2D eigenvalue weighted by Crippen LogP contribution is 2.45. The van der Waals surface area contributed by atoms with Gasteiger partial charge < -0.3 is 14.4 Å². The molecule has 2 aliphatic heterocycles. The summed E-state index contributed by atoms with van der Waals surface area (Å²) in [6, 6.07) is 19.4. The third-order valence-corrected chi connectivity index (χ3v) is 8.83. The second-order valence-electron chi connectivity index (χ2n) is 11.3. The summed E-state index contributed by atoms with van der Waals surface area (Å²) in [5.41, 5.74) is 4.51. The van der Waals surface area contributed by atoms with E-state index in [1.807, 2.05) is 48.5 Å². The highest BCUT2D eigenvalue weighted by Gasteiger charge is 2.45. The van der Waals surface area contributed by atoms with Gasteiger partial charge in [0.25, 0.3) is 11.8 Å². The fourth-order valence-electron chi connectivity index (χ4n) is 6.25. The first kappa shape index (κ1) is 30.7. The molecule has 1 saturated carbocycles. The Labute approximate surface area is 271 Å². The van der Waals surface area contributed by atoms with Crippen molar-refractivity contribution in [3.05, 3.63) is 99.0 Å². The number of halogens is 2. The molecule has 2 fully saturated rings. The summed E-state index contributed by atoms with van der Waals surface area (Å²) in [6.07, 6.45) is 4.71. The first-order valence-electron chi connectivity index (χ1n) is 14.7. The normalized spacial score (nSPS) is 20.5. The number of urea groups is 1. The molecule has 2 unspecified atom stereocenters. The minimum absolute atomic E-state index is 0.0466. The number of hydrogen-bond donors (Lipinski definition) is 0. The Bertz CT molecular complexity index is 1670. The lowest BCUT2D eigenvalue weighted by atomic mass is 9.77. The SMILES string of the molecule is COc1ccc(/C=C2/CCCC3C2=NN(C(=O)CN2C(=O)CN(Cc4cc(Cl)cc(Cl)c4)C2=O)C3c2ccc(OC)cc2)cc1. The van der Waals surface area contributed by atoms with Crippen LogP contribution in [0.4, 0.5) is 4.79 Å². The average molecular weight is 648 g/mol. The number of allylic oxidation sites excluding steroid dienone is 1. The van der Waals surface area contributed by atoms with E-state index in [1.165, 1.54) is 9.91 Å². The van der Waals surface area contributed by atoms with Gasteiger partial charge in [-0.1, -0.05) is 47.5 Å². The molecular weight excluding hydrogens is 615 g/mol. The van der Waals surface area contributed by atoms with Crippen molar-refractivity contribution >= 4 is 52.8 Å². The molecule has 3 aromatic rings. The third-order valence-electron chi connectivity index (χ3n) is 8.39. The Balaban J connectivity index is 1.27. The number of amides is 4. The van der Waals surface area contributed by atoms with Gasteiger partial charge in [-0.3, -0.25) is 14.5 Å². The summed E-state index contributed by atoms with van der Waals surface area (Å²) in [6.45, 7) is -0.431. The maximum atomic E-state index is 14.0. The van der Waals surface area contributed by atoms with Gasteiger partial charge in [0.2, 0.25) is 0 Å². The molecule has 2 heterocycles. The standard InChI is InChI=1S/C34H32Cl2N4O5/c1-44-27-10-6-21(7-11-27)14-24-4-3-5-29-32(24)37-40(33(29)23-8-12-28(45-2)13-9-23)31(42)20-39-30(41)19-38(34(39)43)18-22-15-25(35)17-26(36)16-22/h6-17,29,33H,3-5,18-20H2,1-2H3/b24-14-. The minimum atomic E-state index is -0.546. The summed E-state index contributed by atoms with van der Waals surface area (Å²) in [5.74, 6) is 0.542. The molecule has 11 heteroatoms. The van der Waals surface area contributed by atoms with Crippen molar-refractivity contribution in [1.82, 2.24) is 14.8 Å². The Morgan fingerprint density at radius 1 is 0.956 bits per heavy atom. The van der Waals surface area contributed by atoms with Crippen LogP contribution in [0, 0.1) is 5.92 Å². The van der Waals surface area contributed by atoms with Crippen LogP contribution in [0.5, 0.6) is 11.5 Å². The number of methoxy groups -OCH3 is 2. The van der Waals surface area contributed by atoms with E-state index in [-0.39, 0.29) is 19.0 Å². The molecule has 45 heavy (non-hydrogen) atoms. The van der Waals surface area contributed by atoms with Gasteiger partial charge >= 0.3 is 6.03 Å². The summed E-state index contributed by atoms with van der Waals surface area (Å²) < 4.78 is 10.7. The van der Waals surface area contributed by atoms with E-state index in [4.69, 9.17) is 37.8 Å². The van der Waals surface area contributed by atoms with E-state index in [0.717, 1.165) is 52.3 Å². The molecule has 0 bridgehead atoms. The maximum absolute atomic E-state index is 14.0. The molecule has 0 aromatic heterocycles. The van der Waals surface area contributed by atoms with Crippen LogP contribution < -0.4 is 9.47 Å². The lowest BCUT2D eigenvalue weighted by Gasteiger charge is -2.30. The fraction of sp³-hybridized carbons (Fsp3) is 0.294. The monoisotopic (exact) mass is 646 g/mol. The van der Waals surface area contributed by atoms with Crippen molar-refractivity contribution in [2.45, 2.75) is 31.8 Å². The van der Waals surface area contributed by atoms with Crippen molar-refractivity contribution in [3.8, 4) is 11.5 Å². The number of nitrogens with zero attached hydrogens (tertiary/aromatic N) is 4. The van der Waals surface area contributed by atoms with Gasteiger partial charge in [-0.25, -0.2) is 9.80 Å². The number of ether oxygens (including phenoxy) is 2. The quantitative estimate of drug-likeness (QED) is 0.257. The fourth-order valence-corrected chi connectivity index (χ4v) is 6.82. The molecule has 9 nitrogen and oxygen atoms in total. The molecule has 6 rings (SSSR count). The minimum Gasteiger partial charge on any atom is -0.497 e. The molecule has 2 atom stereocenters. The molecule has 3 aliphatic rings. The Morgan fingerprint density at radius 3 is 2.24 bits per heavy atom. The van der Waals surface area contributed by atoms with E-state index >= 15 is 0 Å². The maximum Gasteiger partial charge on any atom is 0.328 e. The highest BCUT2D eigenvalue weighted by molar-refractivity contribution is 6.34. The molecule has 1 aliphatic carbocycles. The molecular formula is C34H32Cl2N4O5. The lowest BCUT2D eigenvalue weighted by molar-refractivity contribution is -0.138. The van der Waals surface area contributed by atoms with Crippen LogP contribution in [0.3, 0.4) is 0 Å². The van der Waals surface area contributed by atoms with Crippen LogP contribution in [0.2, 0.25) is 10.0 Å². The second kappa shape index (κ2) is 12.9. The van der Waals surface area contributed by atoms with E-state index in [0.29, 0.717) is 21.4 Å². The zero-order valence-corrected chi connectivity index (χ0v) is 26.4. The van der Waals surface area contributed by atoms with Gasteiger partial charge in [-0.05, 0) is 90.1 Å². The van der Waals surface area contributed by atoms with Gasteiger partial charge in [0.05, 0.1) is 26.0 Å². The number of hydrazone groups is 1. The topological polar surface area (TPSA) is 91.8 Å². The summed E-state index contributed by atoms with van der Waals surface area (Å²) >= 11 is 12.3. The van der Waals surface area contributed by atoms with Crippen LogP contribution in [-0.2, 0) is 16.1 Å². The predicted octanol–water partition coefficient (Wildman–Crippen LogP) is 6.60. The van der Waals surface area contributed by atoms with E-state index in [1.54, 1.807) is 32.4 Å². The van der Waals surface area contributed by atoms with E-state index < -0.39 is 30.4 Å². The van der Waals surface area contributed by atoms with Crippen LogP contribution in [0.1, 0.15) is 42.0 Å². The van der Waals surface area contributed by atoms with Crippen molar-refractivity contribution < 1.29 is 23.9 Å². The molecule has 4 amide bonds. The first-order chi connectivity index (χ1) is 21.7. The lowest BCUT2D eigenvalue weighted by Crippen LogP contribution is -2.42. The Morgan fingerprint density at radius 2 is 1.60 bits per heavy atom. The molecule has 0 N–H and O–H groups in total. The van der Waals surface area contributed by atoms with Gasteiger partial charge in [0, 0.05) is 22.5 Å². The van der Waals surface area contributed by atoms with Crippen molar-refractivity contribution in [1.29, 1.82) is 0 Å². The van der Waals surface area contributed by atoms with Crippen LogP contribution in [-0.4, -0.2) is 65.7 Å². The molecule has 0 radical (unpaired) electrons. The number of carbonyl (C=O) groups is 3. The van der Waals surface area contributed by atoms with Gasteiger partial charge in [-0.15, -0.1) is 0 Å². The van der Waals surface area contributed by atoms with Gasteiger partial charge in [0.15, 0.2) is 0 Å². The van der Waals surface area contributed by atoms with Crippen LogP contribution in [0.25, 0.3) is 6.08 Å². The van der Waals surface area contributed by atoms with Gasteiger partial charge in [-0.2, -0.15) is 5.10 Å². The number of carbonyl (C=O) groups excluding carboxylic acids is 3. The molecule has 3 aromatic carbocycles. The number of hydrogen-bond acceptors (Lipinski definition) is 6. The summed E-state index contributed by atoms with van der Waals surface area (Å²) in [4.78, 5) is 42.7. The number of benzene rings is 3.